The van der Waals surface area contributed by atoms with Crippen molar-refractivity contribution < 1.29 is 4.79 Å². The summed E-state index contributed by atoms with van der Waals surface area (Å²) in [5.74, 6) is 1.45. The highest BCUT2D eigenvalue weighted by Crippen LogP contribution is 2.25. The number of likely N-dealkylation sites (tertiary alicyclic amines) is 1. The number of aromatic nitrogens is 4. The van der Waals surface area contributed by atoms with Gasteiger partial charge >= 0.3 is 0 Å². The molecule has 26 heavy (non-hydrogen) atoms. The standard InChI is InChI=1S/C20H23N5O/c1-15-12-21-19(17-6-4-3-5-7-17)25(15)14-16-8-11-24(13-16)20(26)18-9-10-23(2)22-18/h3-7,9-10,12,16H,8,11,13-14H2,1-2H3. The van der Waals surface area contributed by atoms with Crippen LogP contribution in [-0.4, -0.2) is 43.2 Å². The van der Waals surface area contributed by atoms with Gasteiger partial charge in [-0.25, -0.2) is 4.98 Å². The number of carbonyl (C=O) groups excluding carboxylic acids is 1. The van der Waals surface area contributed by atoms with Gasteiger partial charge in [0.1, 0.15) is 11.5 Å². The monoisotopic (exact) mass is 349 g/mol. The lowest BCUT2D eigenvalue weighted by atomic mass is 10.1. The van der Waals surface area contributed by atoms with Gasteiger partial charge in [0, 0.05) is 50.3 Å². The van der Waals surface area contributed by atoms with E-state index in [1.54, 1.807) is 10.7 Å². The summed E-state index contributed by atoms with van der Waals surface area (Å²) in [6.45, 7) is 4.52. The first kappa shape index (κ1) is 16.6. The molecule has 4 rings (SSSR count). The fraction of sp³-hybridized carbons (Fsp3) is 0.350. The third-order valence-electron chi connectivity index (χ3n) is 5.03. The van der Waals surface area contributed by atoms with E-state index in [2.05, 4.69) is 33.7 Å². The van der Waals surface area contributed by atoms with Gasteiger partial charge in [0.2, 0.25) is 0 Å². The normalized spacial score (nSPS) is 17.0. The van der Waals surface area contributed by atoms with E-state index < -0.39 is 0 Å². The SMILES string of the molecule is Cc1cnc(-c2ccccc2)n1CC1CCN(C(=O)c2ccn(C)n2)C1. The molecule has 0 bridgehead atoms. The number of hydrogen-bond acceptors (Lipinski definition) is 3. The van der Waals surface area contributed by atoms with Gasteiger partial charge in [-0.05, 0) is 25.3 Å². The summed E-state index contributed by atoms with van der Waals surface area (Å²) in [7, 11) is 1.83. The zero-order valence-corrected chi connectivity index (χ0v) is 15.2. The van der Waals surface area contributed by atoms with Crippen molar-refractivity contribution in [3.05, 3.63) is 60.2 Å². The molecule has 1 amide bonds. The molecule has 3 heterocycles. The Morgan fingerprint density at radius 2 is 2.04 bits per heavy atom. The van der Waals surface area contributed by atoms with Crippen LogP contribution in [0.5, 0.6) is 0 Å². The number of carbonyl (C=O) groups is 1. The Bertz CT molecular complexity index is 911. The van der Waals surface area contributed by atoms with Crippen LogP contribution in [0.25, 0.3) is 11.4 Å². The average molecular weight is 349 g/mol. The van der Waals surface area contributed by atoms with Crippen molar-refractivity contribution in [1.82, 2.24) is 24.2 Å². The van der Waals surface area contributed by atoms with Gasteiger partial charge in [-0.3, -0.25) is 9.48 Å². The van der Waals surface area contributed by atoms with E-state index >= 15 is 0 Å². The maximum atomic E-state index is 12.6. The quantitative estimate of drug-likeness (QED) is 0.728. The number of imidazole rings is 1. The van der Waals surface area contributed by atoms with Crippen LogP contribution in [0.4, 0.5) is 0 Å². The van der Waals surface area contributed by atoms with E-state index in [1.807, 2.05) is 42.5 Å². The van der Waals surface area contributed by atoms with E-state index in [1.165, 1.54) is 0 Å². The Balaban J connectivity index is 1.48. The zero-order valence-electron chi connectivity index (χ0n) is 15.2. The molecule has 6 nitrogen and oxygen atoms in total. The molecule has 3 aromatic rings. The van der Waals surface area contributed by atoms with Crippen molar-refractivity contribution in [3.63, 3.8) is 0 Å². The summed E-state index contributed by atoms with van der Waals surface area (Å²) in [6, 6.07) is 12.0. The molecule has 0 radical (unpaired) electrons. The number of aryl methyl sites for hydroxylation is 2. The van der Waals surface area contributed by atoms with Gasteiger partial charge in [-0.1, -0.05) is 30.3 Å². The molecule has 1 fully saturated rings. The van der Waals surface area contributed by atoms with Gasteiger partial charge < -0.3 is 9.47 Å². The molecule has 1 saturated heterocycles. The van der Waals surface area contributed by atoms with Crippen molar-refractivity contribution in [1.29, 1.82) is 0 Å². The van der Waals surface area contributed by atoms with Crippen LogP contribution in [0.2, 0.25) is 0 Å². The molecule has 134 valence electrons. The summed E-state index contributed by atoms with van der Waals surface area (Å²) < 4.78 is 3.94. The molecular formula is C20H23N5O. The first-order valence-electron chi connectivity index (χ1n) is 8.98. The van der Waals surface area contributed by atoms with E-state index in [-0.39, 0.29) is 5.91 Å². The summed E-state index contributed by atoms with van der Waals surface area (Å²) in [5.41, 5.74) is 2.80. The van der Waals surface area contributed by atoms with Gasteiger partial charge in [0.05, 0.1) is 0 Å². The second kappa shape index (κ2) is 6.78. The minimum Gasteiger partial charge on any atom is -0.337 e. The number of benzene rings is 1. The molecule has 2 aromatic heterocycles. The maximum absolute atomic E-state index is 12.6. The van der Waals surface area contributed by atoms with E-state index in [0.717, 1.165) is 43.1 Å². The fourth-order valence-corrected chi connectivity index (χ4v) is 3.62. The van der Waals surface area contributed by atoms with Crippen molar-refractivity contribution in [2.45, 2.75) is 19.9 Å². The van der Waals surface area contributed by atoms with E-state index in [4.69, 9.17) is 0 Å². The highest BCUT2D eigenvalue weighted by atomic mass is 16.2. The van der Waals surface area contributed by atoms with Gasteiger partial charge in [0.25, 0.3) is 5.91 Å². The lowest BCUT2D eigenvalue weighted by Crippen LogP contribution is -2.29. The van der Waals surface area contributed by atoms with Gasteiger partial charge in [0.15, 0.2) is 0 Å². The largest absolute Gasteiger partial charge is 0.337 e. The van der Waals surface area contributed by atoms with Crippen molar-refractivity contribution in [3.8, 4) is 11.4 Å². The van der Waals surface area contributed by atoms with Crippen LogP contribution in [0.15, 0.2) is 48.8 Å². The predicted octanol–water partition coefficient (Wildman–Crippen LogP) is 2.75. The molecule has 0 N–H and O–H groups in total. The maximum Gasteiger partial charge on any atom is 0.274 e. The molecule has 1 atom stereocenters. The Hall–Kier alpha value is -2.89. The van der Waals surface area contributed by atoms with Crippen LogP contribution in [-0.2, 0) is 13.6 Å². The van der Waals surface area contributed by atoms with Crippen molar-refractivity contribution >= 4 is 5.91 Å². The molecule has 6 heteroatoms. The molecule has 0 aliphatic carbocycles. The van der Waals surface area contributed by atoms with Crippen LogP contribution in [0.3, 0.4) is 0 Å². The van der Waals surface area contributed by atoms with Crippen LogP contribution >= 0.6 is 0 Å². The second-order valence-electron chi connectivity index (χ2n) is 6.98. The van der Waals surface area contributed by atoms with Crippen LogP contribution in [0, 0.1) is 12.8 Å². The molecule has 1 aliphatic rings. The van der Waals surface area contributed by atoms with Crippen LogP contribution in [0.1, 0.15) is 22.6 Å². The highest BCUT2D eigenvalue weighted by molar-refractivity contribution is 5.92. The molecule has 0 spiro atoms. The smallest absolute Gasteiger partial charge is 0.274 e. The molecule has 1 unspecified atom stereocenters. The lowest BCUT2D eigenvalue weighted by molar-refractivity contribution is 0.0779. The molecule has 0 saturated carbocycles. The Morgan fingerprint density at radius 3 is 2.77 bits per heavy atom. The third-order valence-corrected chi connectivity index (χ3v) is 5.03. The fourth-order valence-electron chi connectivity index (χ4n) is 3.62. The summed E-state index contributed by atoms with van der Waals surface area (Å²) in [6.07, 6.45) is 4.74. The van der Waals surface area contributed by atoms with Gasteiger partial charge in [-0.2, -0.15) is 5.10 Å². The number of nitrogens with zero attached hydrogens (tertiary/aromatic N) is 5. The molecule has 1 aromatic carbocycles. The minimum atomic E-state index is 0.0266. The minimum absolute atomic E-state index is 0.0266. The third kappa shape index (κ3) is 3.14. The first-order valence-corrected chi connectivity index (χ1v) is 8.98. The average Bonchev–Trinajstić information content (AvgIpc) is 3.37. The van der Waals surface area contributed by atoms with Crippen LogP contribution < -0.4 is 0 Å². The number of amides is 1. The Kier molecular flexibility index (Phi) is 4.32. The zero-order chi connectivity index (χ0) is 18.1. The van der Waals surface area contributed by atoms with E-state index in [9.17, 15) is 4.79 Å². The summed E-state index contributed by atoms with van der Waals surface area (Å²) in [4.78, 5) is 19.1. The second-order valence-corrected chi connectivity index (χ2v) is 6.98. The van der Waals surface area contributed by atoms with E-state index in [0.29, 0.717) is 11.6 Å². The molecular weight excluding hydrogens is 326 g/mol. The van der Waals surface area contributed by atoms with Gasteiger partial charge in [-0.15, -0.1) is 0 Å². The van der Waals surface area contributed by atoms with Crippen molar-refractivity contribution in [2.75, 3.05) is 13.1 Å². The molecule has 1 aliphatic heterocycles. The number of rotatable bonds is 4. The predicted molar refractivity (Wildman–Crippen MR) is 99.6 cm³/mol. The summed E-state index contributed by atoms with van der Waals surface area (Å²) in [5, 5.41) is 4.23. The number of hydrogen-bond donors (Lipinski definition) is 0. The lowest BCUT2D eigenvalue weighted by Gasteiger charge is -2.17. The first-order chi connectivity index (χ1) is 12.6. The highest BCUT2D eigenvalue weighted by Gasteiger charge is 2.29. The van der Waals surface area contributed by atoms with Crippen molar-refractivity contribution in [2.24, 2.45) is 13.0 Å². The Morgan fingerprint density at radius 1 is 1.23 bits per heavy atom. The Labute approximate surface area is 153 Å². The summed E-state index contributed by atoms with van der Waals surface area (Å²) >= 11 is 0. The topological polar surface area (TPSA) is 56.0 Å².